The van der Waals surface area contributed by atoms with Crippen LogP contribution < -0.4 is 46.2 Å². The molecule has 6 aromatic heterocycles. The Labute approximate surface area is 564 Å². The van der Waals surface area contributed by atoms with Gasteiger partial charge in [-0.05, 0) is 173 Å². The molecule has 6 aliphatic rings. The minimum atomic E-state index is -0.433. The van der Waals surface area contributed by atoms with Crippen molar-refractivity contribution >= 4 is 142 Å². The summed E-state index contributed by atoms with van der Waals surface area (Å²) in [6, 6.07) is 17.7. The van der Waals surface area contributed by atoms with Gasteiger partial charge in [0.1, 0.15) is 55.3 Å². The van der Waals surface area contributed by atoms with E-state index in [1.54, 1.807) is 47.0 Å². The van der Waals surface area contributed by atoms with Gasteiger partial charge in [-0.25, -0.2) is 29.9 Å². The zero-order valence-corrected chi connectivity index (χ0v) is 56.5. The number of nitrogen functional groups attached to an aromatic ring is 3. The van der Waals surface area contributed by atoms with E-state index in [9.17, 15) is 9.59 Å². The molecule has 3 atom stereocenters. The lowest BCUT2D eigenvalue weighted by molar-refractivity contribution is -0.133. The van der Waals surface area contributed by atoms with Crippen LogP contribution in [0.5, 0.6) is 28.7 Å². The van der Waals surface area contributed by atoms with Crippen molar-refractivity contribution in [1.29, 1.82) is 0 Å². The number of benzene rings is 3. The highest BCUT2D eigenvalue weighted by Gasteiger charge is 2.29. The van der Waals surface area contributed by atoms with Crippen LogP contribution in [-0.2, 0) is 35.6 Å². The van der Waals surface area contributed by atoms with E-state index in [1.165, 1.54) is 18.2 Å². The Balaban J connectivity index is 0.000000126. The number of pyridine rings is 3. The summed E-state index contributed by atoms with van der Waals surface area (Å²) in [4.78, 5) is 56.4. The van der Waals surface area contributed by atoms with E-state index in [1.807, 2.05) is 59.5 Å². The highest BCUT2D eigenvalue weighted by atomic mass is 79.9. The van der Waals surface area contributed by atoms with Gasteiger partial charge in [-0.15, -0.1) is 0 Å². The highest BCUT2D eigenvalue weighted by Crippen LogP contribution is 2.46. The first-order valence-electron chi connectivity index (χ1n) is 30.6. The lowest BCUT2D eigenvalue weighted by atomic mass is 10.1. The van der Waals surface area contributed by atoms with E-state index < -0.39 is 6.61 Å². The Kier molecular flexibility index (Phi) is 19.9. The number of nitrogens with zero attached hydrogens (tertiary/aromatic N) is 11. The zero-order valence-electron chi connectivity index (χ0n) is 50.1. The maximum absolute atomic E-state index is 11.8. The van der Waals surface area contributed by atoms with Crippen molar-refractivity contribution in [2.75, 3.05) is 96.1 Å². The quantitative estimate of drug-likeness (QED) is 0.0530. The largest absolute Gasteiger partial charge is 0.493 e. The molecule has 29 heteroatoms. The first-order chi connectivity index (χ1) is 44.8. The maximum atomic E-state index is 11.8. The average Bonchev–Trinajstić information content (AvgIpc) is 1.66. The fraction of sp³-hybridized carbons (Fsp3) is 0.397. The summed E-state index contributed by atoms with van der Waals surface area (Å²) in [6.45, 7) is 10.1. The zero-order chi connectivity index (χ0) is 63.4. The molecule has 0 saturated carbocycles. The SMILES string of the molecule is Nc1nccc2c1nc(Sc1cc3c(cc1Br)OCCO3)n2CCC1CCN(C=O)C1.Nc1nccc2c1nc(Sc1cc3c(cc1Br)OCCO3)n2CCC1CCNC1.Nc1nccc2c1nc(Sc1cc3c(cc1Cl)CCO3)n2CCC1CCN(C(=O)CO)C1. The summed E-state index contributed by atoms with van der Waals surface area (Å²) >= 11 is 18.5. The maximum Gasteiger partial charge on any atom is 0.248 e. The van der Waals surface area contributed by atoms with Crippen molar-refractivity contribution in [2.45, 2.75) is 94.7 Å². The van der Waals surface area contributed by atoms with Crippen molar-refractivity contribution in [3.63, 3.8) is 0 Å². The number of nitrogens with two attached hydrogens (primary N) is 3. The number of aryl methyl sites for hydroxylation is 3. The van der Waals surface area contributed by atoms with Gasteiger partial charge in [0, 0.05) is 94.5 Å². The van der Waals surface area contributed by atoms with Gasteiger partial charge in [-0.3, -0.25) is 9.59 Å². The number of aromatic nitrogens is 9. The van der Waals surface area contributed by atoms with Crippen LogP contribution in [0.15, 0.2) is 112 Å². The van der Waals surface area contributed by atoms with E-state index in [0.29, 0.717) is 97.4 Å². The molecule has 8 N–H and O–H groups in total. The van der Waals surface area contributed by atoms with Crippen molar-refractivity contribution in [3.05, 3.63) is 92.7 Å². The topological polar surface area (TPSA) is 289 Å². The summed E-state index contributed by atoms with van der Waals surface area (Å²) < 4.78 is 37.1. The number of anilines is 3. The molecule has 12 heterocycles. The van der Waals surface area contributed by atoms with Crippen LogP contribution in [0.2, 0.25) is 5.02 Å². The molecule has 2 amide bonds. The van der Waals surface area contributed by atoms with E-state index >= 15 is 0 Å². The molecular formula is C63H68Br2ClN15O8S3. The fourth-order valence-corrected chi connectivity index (χ4v) is 16.6. The Morgan fingerprint density at radius 3 is 1.54 bits per heavy atom. The first kappa shape index (κ1) is 63.8. The number of rotatable bonds is 17. The summed E-state index contributed by atoms with van der Waals surface area (Å²) in [5.74, 6) is 6.52. The Morgan fingerprint density at radius 2 is 1.07 bits per heavy atom. The van der Waals surface area contributed by atoms with E-state index in [4.69, 9.17) is 72.5 Å². The number of imidazole rings is 3. The first-order valence-corrected chi connectivity index (χ1v) is 35.0. The van der Waals surface area contributed by atoms with Gasteiger partial charge < -0.3 is 74.8 Å². The molecule has 0 bridgehead atoms. The lowest BCUT2D eigenvalue weighted by Crippen LogP contribution is -2.31. The van der Waals surface area contributed by atoms with Crippen LogP contribution in [0, 0.1) is 17.8 Å². The average molecular weight is 1450 g/mol. The number of hydrogen-bond acceptors (Lipinski definition) is 21. The molecule has 9 aromatic rings. The standard InChI is InChI=1S/C22H24ClN5O3S.C21H22BrN5O3S.C20H22BrN5O2S/c23-15-9-14-4-8-31-17(14)10-18(15)32-22-26-20-16(1-5-25-21(20)24)28(22)7-3-13-2-6-27(11-13)19(30)12-29;22-14-9-16-17(30-8-7-29-16)10-18(14)31-21-25-19-15(1-4-24-20(19)23)27(21)6-3-13-2-5-26(11-13)12-28;21-13-9-15-16(28-8-7-27-15)10-17(13)29-20-25-18-14(2-5-24-19(18)22)26(20)6-3-12-1-4-23-11-12/h1,5,9-10,13,29H,2-4,6-8,11-12H2,(H2,24,25);1,4,9-10,12-13H,2-3,5-8,11H2,(H2,23,24);2,5,9-10,12,23H,1,3-4,6-8,11H2,(H2,22,24). The van der Waals surface area contributed by atoms with Gasteiger partial charge in [0.05, 0.1) is 28.2 Å². The summed E-state index contributed by atoms with van der Waals surface area (Å²) in [5, 5.41) is 15.8. The monoisotopic (exact) mass is 1450 g/mol. The van der Waals surface area contributed by atoms with Crippen LogP contribution in [0.1, 0.15) is 44.1 Å². The molecule has 482 valence electrons. The van der Waals surface area contributed by atoms with Gasteiger partial charge in [-0.1, -0.05) is 35.1 Å². The van der Waals surface area contributed by atoms with Gasteiger partial charge in [-0.2, -0.15) is 0 Å². The minimum absolute atomic E-state index is 0.204. The van der Waals surface area contributed by atoms with Crippen molar-refractivity contribution in [1.82, 2.24) is 58.7 Å². The molecule has 3 aromatic carbocycles. The third-order valence-corrected chi connectivity index (χ3v) is 22.6. The molecule has 3 saturated heterocycles. The molecule has 15 rings (SSSR count). The molecule has 3 fully saturated rings. The number of hydrogen-bond donors (Lipinski definition) is 5. The number of halogens is 3. The Bertz CT molecular complexity index is 4210. The molecular weight excluding hydrogens is 1390 g/mol. The normalized spacial score (nSPS) is 18.0. The predicted octanol–water partition coefficient (Wildman–Crippen LogP) is 10.2. The van der Waals surface area contributed by atoms with E-state index in [0.717, 1.165) is 186 Å². The molecule has 23 nitrogen and oxygen atoms in total. The number of amides is 2. The number of nitrogens with one attached hydrogen (secondary N) is 1. The molecule has 6 aliphatic heterocycles. The van der Waals surface area contributed by atoms with E-state index in [-0.39, 0.29) is 5.91 Å². The fourth-order valence-electron chi connectivity index (χ4n) is 12.3. The molecule has 0 aliphatic carbocycles. The number of carbonyl (C=O) groups is 2. The van der Waals surface area contributed by atoms with Crippen molar-refractivity contribution < 1.29 is 38.4 Å². The van der Waals surface area contributed by atoms with Gasteiger partial charge in [0.25, 0.3) is 0 Å². The Hall–Kier alpha value is -6.92. The second-order valence-corrected chi connectivity index (χ2v) is 28.3. The number of fused-ring (bicyclic) bond motifs is 6. The smallest absolute Gasteiger partial charge is 0.248 e. The Morgan fingerprint density at radius 1 is 0.609 bits per heavy atom. The lowest BCUT2D eigenvalue weighted by Gasteiger charge is -2.20. The van der Waals surface area contributed by atoms with E-state index in [2.05, 4.69) is 65.8 Å². The second-order valence-electron chi connectivity index (χ2n) is 23.1. The summed E-state index contributed by atoms with van der Waals surface area (Å²) in [5.41, 5.74) is 24.5. The minimum Gasteiger partial charge on any atom is -0.493 e. The van der Waals surface area contributed by atoms with Crippen LogP contribution in [-0.4, -0.2) is 150 Å². The highest BCUT2D eigenvalue weighted by molar-refractivity contribution is 9.10. The van der Waals surface area contributed by atoms with Gasteiger partial charge in [0.15, 0.2) is 55.9 Å². The number of likely N-dealkylation sites (tertiary alicyclic amines) is 2. The molecule has 92 heavy (non-hydrogen) atoms. The third-order valence-electron chi connectivity index (χ3n) is 17.2. The van der Waals surface area contributed by atoms with Crippen LogP contribution in [0.25, 0.3) is 33.1 Å². The molecule has 0 radical (unpaired) electrons. The van der Waals surface area contributed by atoms with Gasteiger partial charge >= 0.3 is 0 Å². The third kappa shape index (κ3) is 14.1. The number of aliphatic hydroxyl groups excluding tert-OH is 1. The van der Waals surface area contributed by atoms with Crippen molar-refractivity contribution in [3.8, 4) is 28.7 Å². The van der Waals surface area contributed by atoms with Crippen LogP contribution >= 0.6 is 78.7 Å². The van der Waals surface area contributed by atoms with Crippen LogP contribution in [0.3, 0.4) is 0 Å². The van der Waals surface area contributed by atoms with Gasteiger partial charge in [0.2, 0.25) is 12.3 Å². The number of ether oxygens (including phenoxy) is 5. The van der Waals surface area contributed by atoms with Crippen LogP contribution in [0.4, 0.5) is 17.5 Å². The summed E-state index contributed by atoms with van der Waals surface area (Å²) in [6.07, 6.45) is 13.1. The molecule has 3 unspecified atom stereocenters. The second kappa shape index (κ2) is 28.7. The van der Waals surface area contributed by atoms with Crippen molar-refractivity contribution in [2.24, 2.45) is 17.8 Å². The predicted molar refractivity (Wildman–Crippen MR) is 361 cm³/mol. The number of aliphatic hydroxyl groups is 1. The molecule has 0 spiro atoms. The number of carbonyl (C=O) groups excluding carboxylic acids is 2. The summed E-state index contributed by atoms with van der Waals surface area (Å²) in [7, 11) is 0.